The molecule has 0 saturated heterocycles. The number of hydrogen-bond acceptors (Lipinski definition) is 3. The summed E-state index contributed by atoms with van der Waals surface area (Å²) in [6, 6.07) is 14.2. The van der Waals surface area contributed by atoms with Crippen LogP contribution in [-0.2, 0) is 20.9 Å². The number of rotatable bonds is 3. The van der Waals surface area contributed by atoms with E-state index in [1.165, 1.54) is 0 Å². The third kappa shape index (κ3) is 2.83. The molecule has 0 radical (unpaired) electrons. The minimum Gasteiger partial charge on any atom is -0.461 e. The molecule has 2 aromatic rings. The van der Waals surface area contributed by atoms with E-state index in [1.54, 1.807) is 0 Å². The number of fused-ring (bicyclic) bond motifs is 3. The lowest BCUT2D eigenvalue weighted by atomic mass is 9.67. The smallest absolute Gasteiger partial charge is 0.309 e. The van der Waals surface area contributed by atoms with Gasteiger partial charge in [-0.25, -0.2) is 0 Å². The lowest BCUT2D eigenvalue weighted by Crippen LogP contribution is -2.39. The SMILES string of the molecule is O=C(OCc1cccc2ccccc12)C1C[C@H]2CCC[C@@H](C1)C2=O. The summed E-state index contributed by atoms with van der Waals surface area (Å²) in [7, 11) is 0. The van der Waals surface area contributed by atoms with E-state index < -0.39 is 0 Å². The summed E-state index contributed by atoms with van der Waals surface area (Å²) < 4.78 is 5.63. The summed E-state index contributed by atoms with van der Waals surface area (Å²) in [5.74, 6) is 0.333. The van der Waals surface area contributed by atoms with Crippen molar-refractivity contribution < 1.29 is 14.3 Å². The molecule has 2 saturated carbocycles. The zero-order chi connectivity index (χ0) is 16.5. The standard InChI is InChI=1S/C21H22O3/c22-20-15-7-4-8-16(20)12-18(11-15)21(23)24-13-17-9-3-6-14-5-1-2-10-19(14)17/h1-3,5-6,9-10,15-16,18H,4,7-8,11-13H2/t15-,16+,18?. The third-order valence-electron chi connectivity index (χ3n) is 5.63. The maximum Gasteiger partial charge on any atom is 0.309 e. The molecule has 3 nitrogen and oxygen atoms in total. The largest absolute Gasteiger partial charge is 0.461 e. The van der Waals surface area contributed by atoms with Gasteiger partial charge in [0, 0.05) is 11.8 Å². The second-order valence-electron chi connectivity index (χ2n) is 7.14. The zero-order valence-electron chi connectivity index (χ0n) is 13.7. The molecular formula is C21H22O3. The second-order valence-corrected chi connectivity index (χ2v) is 7.14. The van der Waals surface area contributed by atoms with Crippen LogP contribution in [0.25, 0.3) is 10.8 Å². The topological polar surface area (TPSA) is 43.4 Å². The van der Waals surface area contributed by atoms with Gasteiger partial charge in [0.15, 0.2) is 0 Å². The molecule has 2 fully saturated rings. The Bertz CT molecular complexity index is 758. The molecule has 0 spiro atoms. The fourth-order valence-corrected chi connectivity index (χ4v) is 4.36. The fourth-order valence-electron chi connectivity index (χ4n) is 4.36. The Morgan fingerprint density at radius 1 is 1.00 bits per heavy atom. The first-order chi connectivity index (χ1) is 11.7. The van der Waals surface area contributed by atoms with E-state index in [-0.39, 0.29) is 23.7 Å². The van der Waals surface area contributed by atoms with Gasteiger partial charge in [0.05, 0.1) is 5.92 Å². The van der Waals surface area contributed by atoms with Crippen molar-refractivity contribution in [3.05, 3.63) is 48.0 Å². The molecule has 4 rings (SSSR count). The molecule has 0 N–H and O–H groups in total. The molecule has 124 valence electrons. The van der Waals surface area contributed by atoms with E-state index in [1.807, 2.05) is 24.3 Å². The molecule has 0 aromatic heterocycles. The van der Waals surface area contributed by atoms with E-state index in [0.29, 0.717) is 25.2 Å². The molecule has 24 heavy (non-hydrogen) atoms. The summed E-state index contributed by atoms with van der Waals surface area (Å²) in [6.45, 7) is 0.306. The van der Waals surface area contributed by atoms with Crippen LogP contribution in [0.5, 0.6) is 0 Å². The number of benzene rings is 2. The molecular weight excluding hydrogens is 300 g/mol. The Labute approximate surface area is 142 Å². The first-order valence-electron chi connectivity index (χ1n) is 8.89. The Kier molecular flexibility index (Phi) is 4.09. The quantitative estimate of drug-likeness (QED) is 0.792. The molecule has 3 heteroatoms. The predicted molar refractivity (Wildman–Crippen MR) is 92.3 cm³/mol. The van der Waals surface area contributed by atoms with Gasteiger partial charge < -0.3 is 4.74 Å². The van der Waals surface area contributed by atoms with Crippen LogP contribution in [0.1, 0.15) is 37.7 Å². The van der Waals surface area contributed by atoms with E-state index in [4.69, 9.17) is 4.74 Å². The summed E-state index contributed by atoms with van der Waals surface area (Å²) in [5.41, 5.74) is 1.04. The van der Waals surface area contributed by atoms with Gasteiger partial charge >= 0.3 is 5.97 Å². The van der Waals surface area contributed by atoms with Gasteiger partial charge in [0.1, 0.15) is 12.4 Å². The summed E-state index contributed by atoms with van der Waals surface area (Å²) >= 11 is 0. The molecule has 2 aliphatic carbocycles. The lowest BCUT2D eigenvalue weighted by molar-refractivity contribution is -0.154. The van der Waals surface area contributed by atoms with Crippen LogP contribution >= 0.6 is 0 Å². The Morgan fingerprint density at radius 3 is 2.50 bits per heavy atom. The highest BCUT2D eigenvalue weighted by atomic mass is 16.5. The van der Waals surface area contributed by atoms with Crippen LogP contribution in [0.2, 0.25) is 0 Å². The molecule has 0 aliphatic heterocycles. The van der Waals surface area contributed by atoms with Crippen molar-refractivity contribution in [3.8, 4) is 0 Å². The van der Waals surface area contributed by atoms with Crippen LogP contribution in [-0.4, -0.2) is 11.8 Å². The number of carbonyl (C=O) groups is 2. The van der Waals surface area contributed by atoms with Crippen molar-refractivity contribution in [2.45, 2.75) is 38.7 Å². The second kappa shape index (κ2) is 6.39. The van der Waals surface area contributed by atoms with Crippen molar-refractivity contribution in [1.29, 1.82) is 0 Å². The number of ether oxygens (including phenoxy) is 1. The molecule has 2 aromatic carbocycles. The highest BCUT2D eigenvalue weighted by molar-refractivity contribution is 5.88. The van der Waals surface area contributed by atoms with E-state index in [0.717, 1.165) is 35.6 Å². The Morgan fingerprint density at radius 2 is 1.71 bits per heavy atom. The maximum absolute atomic E-state index is 12.5. The van der Waals surface area contributed by atoms with Gasteiger partial charge in [-0.15, -0.1) is 0 Å². The molecule has 0 heterocycles. The first kappa shape index (κ1) is 15.4. The third-order valence-corrected chi connectivity index (χ3v) is 5.63. The van der Waals surface area contributed by atoms with Crippen molar-refractivity contribution in [1.82, 2.24) is 0 Å². The molecule has 3 atom stereocenters. The van der Waals surface area contributed by atoms with Crippen LogP contribution in [0.3, 0.4) is 0 Å². The minimum absolute atomic E-state index is 0.0904. The Hall–Kier alpha value is -2.16. The lowest BCUT2D eigenvalue weighted by Gasteiger charge is -2.36. The monoisotopic (exact) mass is 322 g/mol. The average Bonchev–Trinajstić information content (AvgIpc) is 2.59. The van der Waals surface area contributed by atoms with Crippen molar-refractivity contribution >= 4 is 22.5 Å². The van der Waals surface area contributed by atoms with Crippen molar-refractivity contribution in [3.63, 3.8) is 0 Å². The van der Waals surface area contributed by atoms with Gasteiger partial charge in [-0.1, -0.05) is 48.9 Å². The number of carbonyl (C=O) groups excluding carboxylic acids is 2. The number of Topliss-reactive ketones (excluding diaryl/α,β-unsaturated/α-hetero) is 1. The van der Waals surface area contributed by atoms with E-state index in [2.05, 4.69) is 18.2 Å². The maximum atomic E-state index is 12.5. The summed E-state index contributed by atoms with van der Waals surface area (Å²) in [4.78, 5) is 24.7. The van der Waals surface area contributed by atoms with Crippen LogP contribution in [0.15, 0.2) is 42.5 Å². The van der Waals surface area contributed by atoms with Gasteiger partial charge in [-0.2, -0.15) is 0 Å². The molecule has 1 unspecified atom stereocenters. The minimum atomic E-state index is -0.132. The predicted octanol–water partition coefficient (Wildman–Crippen LogP) is 4.28. The highest BCUT2D eigenvalue weighted by Crippen LogP contribution is 2.40. The van der Waals surface area contributed by atoms with Crippen molar-refractivity contribution in [2.75, 3.05) is 0 Å². The summed E-state index contributed by atoms with van der Waals surface area (Å²) in [6.07, 6.45) is 4.39. The normalized spacial score (nSPS) is 26.3. The van der Waals surface area contributed by atoms with Gasteiger partial charge in [-0.05, 0) is 42.0 Å². The Balaban J connectivity index is 1.44. The zero-order valence-corrected chi connectivity index (χ0v) is 13.7. The molecule has 0 amide bonds. The highest BCUT2D eigenvalue weighted by Gasteiger charge is 2.41. The fraction of sp³-hybridized carbons (Fsp3) is 0.429. The van der Waals surface area contributed by atoms with Crippen LogP contribution in [0, 0.1) is 17.8 Å². The number of hydrogen-bond donors (Lipinski definition) is 0. The van der Waals surface area contributed by atoms with Crippen LogP contribution in [0.4, 0.5) is 0 Å². The first-order valence-corrected chi connectivity index (χ1v) is 8.89. The van der Waals surface area contributed by atoms with E-state index in [9.17, 15) is 9.59 Å². The van der Waals surface area contributed by atoms with Gasteiger partial charge in [0.2, 0.25) is 0 Å². The molecule has 2 aliphatic rings. The number of esters is 1. The van der Waals surface area contributed by atoms with Gasteiger partial charge in [-0.3, -0.25) is 9.59 Å². The van der Waals surface area contributed by atoms with Crippen molar-refractivity contribution in [2.24, 2.45) is 17.8 Å². The average molecular weight is 322 g/mol. The molecule has 2 bridgehead atoms. The van der Waals surface area contributed by atoms with Crippen LogP contribution < -0.4 is 0 Å². The van der Waals surface area contributed by atoms with E-state index >= 15 is 0 Å². The van der Waals surface area contributed by atoms with Gasteiger partial charge in [0.25, 0.3) is 0 Å². The number of ketones is 1. The summed E-state index contributed by atoms with van der Waals surface area (Å²) in [5, 5.41) is 2.28.